The van der Waals surface area contributed by atoms with Crippen LogP contribution in [0, 0.1) is 5.82 Å². The van der Waals surface area contributed by atoms with E-state index in [0.29, 0.717) is 0 Å². The monoisotopic (exact) mass is 461 g/mol. The third kappa shape index (κ3) is 5.30. The number of rotatable bonds is 6. The summed E-state index contributed by atoms with van der Waals surface area (Å²) in [6.45, 7) is 3.23. The molecule has 1 aliphatic rings. The van der Waals surface area contributed by atoms with E-state index >= 15 is 0 Å². The molecule has 1 aliphatic heterocycles. The number of halogens is 2. The molecule has 1 fully saturated rings. The van der Waals surface area contributed by atoms with Crippen molar-refractivity contribution in [2.75, 3.05) is 36.0 Å². The Morgan fingerprint density at radius 2 is 1.68 bits per heavy atom. The highest BCUT2D eigenvalue weighted by Gasteiger charge is 2.19. The lowest BCUT2D eigenvalue weighted by Gasteiger charge is -2.36. The zero-order valence-corrected chi connectivity index (χ0v) is 18.2. The maximum atomic E-state index is 13.1. The van der Waals surface area contributed by atoms with E-state index in [9.17, 15) is 12.8 Å². The van der Waals surface area contributed by atoms with Gasteiger partial charge in [-0.05, 0) is 54.1 Å². The Kier molecular flexibility index (Phi) is 6.35. The molecule has 0 unspecified atom stereocenters. The molecule has 0 bridgehead atoms. The van der Waals surface area contributed by atoms with Gasteiger partial charge >= 0.3 is 0 Å². The first kappa shape index (κ1) is 21.5. The summed E-state index contributed by atoms with van der Waals surface area (Å²) >= 11 is 5.72. The fraction of sp³-hybridized carbons (Fsp3) is 0.238. The van der Waals surface area contributed by atoms with Crippen LogP contribution in [0.25, 0.3) is 0 Å². The molecule has 0 amide bonds. The van der Waals surface area contributed by atoms with E-state index in [-0.39, 0.29) is 22.4 Å². The number of piperazine rings is 1. The van der Waals surface area contributed by atoms with E-state index in [1.54, 1.807) is 24.4 Å². The summed E-state index contributed by atoms with van der Waals surface area (Å²) < 4.78 is 40.6. The first-order valence-electron chi connectivity index (χ1n) is 9.72. The van der Waals surface area contributed by atoms with Crippen LogP contribution < -0.4 is 14.5 Å². The van der Waals surface area contributed by atoms with Crippen LogP contribution in [0.2, 0.25) is 5.15 Å². The number of aromatic nitrogens is 2. The first-order valence-corrected chi connectivity index (χ1v) is 11.6. The van der Waals surface area contributed by atoms with Crippen molar-refractivity contribution >= 4 is 33.1 Å². The molecule has 0 saturated carbocycles. The van der Waals surface area contributed by atoms with Gasteiger partial charge in [0, 0.05) is 50.8 Å². The second-order valence-corrected chi connectivity index (χ2v) is 9.27. The molecule has 1 N–H and O–H groups in total. The molecule has 31 heavy (non-hydrogen) atoms. The molecule has 1 saturated heterocycles. The van der Waals surface area contributed by atoms with Crippen molar-refractivity contribution in [3.05, 3.63) is 77.5 Å². The van der Waals surface area contributed by atoms with Gasteiger partial charge in [0.2, 0.25) is 10.0 Å². The minimum absolute atomic E-state index is 0.0584. The minimum atomic E-state index is -3.69. The van der Waals surface area contributed by atoms with Crippen molar-refractivity contribution in [3.8, 4) is 0 Å². The first-order chi connectivity index (χ1) is 14.9. The van der Waals surface area contributed by atoms with Crippen molar-refractivity contribution in [3.63, 3.8) is 0 Å². The van der Waals surface area contributed by atoms with E-state index < -0.39 is 10.0 Å². The Labute approximate surface area is 185 Å². The number of nitrogens with zero attached hydrogens (tertiary/aromatic N) is 4. The number of anilines is 2. The molecule has 10 heteroatoms. The molecule has 0 spiro atoms. The van der Waals surface area contributed by atoms with Crippen LogP contribution in [0.15, 0.2) is 65.8 Å². The highest BCUT2D eigenvalue weighted by Crippen LogP contribution is 2.20. The van der Waals surface area contributed by atoms with Crippen molar-refractivity contribution in [2.24, 2.45) is 0 Å². The number of nitrogens with one attached hydrogen (secondary N) is 1. The Bertz CT molecular complexity index is 1140. The van der Waals surface area contributed by atoms with Gasteiger partial charge in [0.25, 0.3) is 0 Å². The Hall–Kier alpha value is -2.75. The molecule has 4 rings (SSSR count). The molecule has 0 aliphatic carbocycles. The highest BCUT2D eigenvalue weighted by molar-refractivity contribution is 7.89. The van der Waals surface area contributed by atoms with E-state index in [1.165, 1.54) is 30.5 Å². The zero-order chi connectivity index (χ0) is 21.8. The fourth-order valence-corrected chi connectivity index (χ4v) is 4.45. The average Bonchev–Trinajstić information content (AvgIpc) is 2.79. The maximum Gasteiger partial charge on any atom is 0.242 e. The highest BCUT2D eigenvalue weighted by atomic mass is 35.5. The lowest BCUT2D eigenvalue weighted by atomic mass is 10.2. The van der Waals surface area contributed by atoms with Gasteiger partial charge in [-0.15, -0.1) is 0 Å². The van der Waals surface area contributed by atoms with Gasteiger partial charge in [-0.2, -0.15) is 0 Å². The Morgan fingerprint density at radius 3 is 2.35 bits per heavy atom. The number of hydrogen-bond donors (Lipinski definition) is 1. The number of sulfonamides is 1. The summed E-state index contributed by atoms with van der Waals surface area (Å²) in [5.41, 5.74) is 1.80. The van der Waals surface area contributed by atoms with Crippen molar-refractivity contribution in [2.45, 2.75) is 11.4 Å². The van der Waals surface area contributed by atoms with Crippen LogP contribution in [0.4, 0.5) is 15.9 Å². The topological polar surface area (TPSA) is 78.4 Å². The van der Waals surface area contributed by atoms with Crippen molar-refractivity contribution < 1.29 is 12.8 Å². The van der Waals surface area contributed by atoms with E-state index in [1.807, 2.05) is 6.07 Å². The summed E-state index contributed by atoms with van der Waals surface area (Å²) in [5, 5.41) is 0.234. The van der Waals surface area contributed by atoms with Crippen LogP contribution in [0.5, 0.6) is 0 Å². The summed E-state index contributed by atoms with van der Waals surface area (Å²) in [7, 11) is -3.69. The predicted molar refractivity (Wildman–Crippen MR) is 118 cm³/mol. The third-order valence-corrected chi connectivity index (χ3v) is 6.69. The second kappa shape index (κ2) is 9.17. The minimum Gasteiger partial charge on any atom is -0.368 e. The van der Waals surface area contributed by atoms with Crippen LogP contribution >= 0.6 is 11.6 Å². The summed E-state index contributed by atoms with van der Waals surface area (Å²) in [6, 6.07) is 13.0. The predicted octanol–water partition coefficient (Wildman–Crippen LogP) is 3.07. The van der Waals surface area contributed by atoms with Gasteiger partial charge in [-0.1, -0.05) is 11.6 Å². The lowest BCUT2D eigenvalue weighted by Crippen LogP contribution is -2.46. The van der Waals surface area contributed by atoms with Crippen LogP contribution in [-0.2, 0) is 16.6 Å². The molecule has 3 aromatic rings. The van der Waals surface area contributed by atoms with Gasteiger partial charge in [0.05, 0.1) is 0 Å². The molecule has 1 aromatic carbocycles. The average molecular weight is 462 g/mol. The number of benzene rings is 1. The molecule has 2 aromatic heterocycles. The van der Waals surface area contributed by atoms with E-state index in [4.69, 9.17) is 11.6 Å². The van der Waals surface area contributed by atoms with Crippen molar-refractivity contribution in [1.82, 2.24) is 14.7 Å². The largest absolute Gasteiger partial charge is 0.368 e. The summed E-state index contributed by atoms with van der Waals surface area (Å²) in [5.74, 6) is 0.551. The molecule has 7 nitrogen and oxygen atoms in total. The van der Waals surface area contributed by atoms with Crippen LogP contribution in [-0.4, -0.2) is 44.6 Å². The van der Waals surface area contributed by atoms with Crippen LogP contribution in [0.1, 0.15) is 5.56 Å². The Balaban J connectivity index is 1.37. The molecule has 162 valence electrons. The Morgan fingerprint density at radius 1 is 0.968 bits per heavy atom. The normalized spacial score (nSPS) is 14.6. The lowest BCUT2D eigenvalue weighted by molar-refractivity contribution is 0.580. The maximum absolute atomic E-state index is 13.1. The molecule has 0 atom stereocenters. The van der Waals surface area contributed by atoms with E-state index in [0.717, 1.165) is 43.2 Å². The molecular weight excluding hydrogens is 441 g/mol. The van der Waals surface area contributed by atoms with Gasteiger partial charge in [0.1, 0.15) is 21.7 Å². The third-order valence-electron chi connectivity index (χ3n) is 5.08. The van der Waals surface area contributed by atoms with Gasteiger partial charge < -0.3 is 9.80 Å². The standard InChI is InChI=1S/C21H21ClFN5O2S/c22-20-6-5-19(15-25-20)31(29,30)26-14-16-7-8-24-21(13-16)28-11-9-27(10-12-28)18-3-1-17(23)2-4-18/h1-8,13,15,26H,9-12,14H2. The fourth-order valence-electron chi connectivity index (χ4n) is 3.37. The smallest absolute Gasteiger partial charge is 0.242 e. The molecule has 0 radical (unpaired) electrons. The second-order valence-electron chi connectivity index (χ2n) is 7.11. The quantitative estimate of drug-likeness (QED) is 0.568. The summed E-state index contributed by atoms with van der Waals surface area (Å²) in [4.78, 5) is 12.7. The van der Waals surface area contributed by atoms with Gasteiger partial charge in [-0.3, -0.25) is 0 Å². The number of pyridine rings is 2. The summed E-state index contributed by atoms with van der Waals surface area (Å²) in [6.07, 6.45) is 2.90. The molecule has 3 heterocycles. The van der Waals surface area contributed by atoms with E-state index in [2.05, 4.69) is 24.5 Å². The van der Waals surface area contributed by atoms with Gasteiger partial charge in [0.15, 0.2) is 0 Å². The molecular formula is C21H21ClFN5O2S. The van der Waals surface area contributed by atoms with Crippen molar-refractivity contribution in [1.29, 1.82) is 0 Å². The SMILES string of the molecule is O=S(=O)(NCc1ccnc(N2CCN(c3ccc(F)cc3)CC2)c1)c1ccc(Cl)nc1. The number of hydrogen-bond acceptors (Lipinski definition) is 6. The zero-order valence-electron chi connectivity index (χ0n) is 16.6. The van der Waals surface area contributed by atoms with Crippen LogP contribution in [0.3, 0.4) is 0 Å². The van der Waals surface area contributed by atoms with Gasteiger partial charge in [-0.25, -0.2) is 27.5 Å².